The fraction of sp³-hybridized carbons (Fsp3) is 0.538. The van der Waals surface area contributed by atoms with Crippen molar-refractivity contribution in [1.82, 2.24) is 5.32 Å². The van der Waals surface area contributed by atoms with Crippen molar-refractivity contribution in [2.75, 3.05) is 14.2 Å². The van der Waals surface area contributed by atoms with Crippen LogP contribution in [0.25, 0.3) is 0 Å². The number of ether oxygens (including phenoxy) is 1. The van der Waals surface area contributed by atoms with E-state index in [2.05, 4.69) is 21.2 Å². The zero-order chi connectivity index (χ0) is 12.4. The summed E-state index contributed by atoms with van der Waals surface area (Å²) in [5, 5.41) is 3.17. The van der Waals surface area contributed by atoms with Crippen molar-refractivity contribution in [3.8, 4) is 0 Å². The molecule has 1 saturated carbocycles. The Morgan fingerprint density at radius 1 is 1.47 bits per heavy atom. The fourth-order valence-electron chi connectivity index (χ4n) is 2.28. The summed E-state index contributed by atoms with van der Waals surface area (Å²) in [4.78, 5) is 0. The van der Waals surface area contributed by atoms with Gasteiger partial charge in [0.05, 0.1) is 12.1 Å². The summed E-state index contributed by atoms with van der Waals surface area (Å²) < 4.78 is 20.3. The maximum Gasteiger partial charge on any atom is 0.128 e. The van der Waals surface area contributed by atoms with Crippen LogP contribution in [0.2, 0.25) is 0 Å². The Morgan fingerprint density at radius 2 is 2.18 bits per heavy atom. The first-order valence-corrected chi connectivity index (χ1v) is 6.61. The van der Waals surface area contributed by atoms with E-state index in [1.165, 1.54) is 18.9 Å². The van der Waals surface area contributed by atoms with Crippen LogP contribution >= 0.6 is 15.9 Å². The van der Waals surface area contributed by atoms with Crippen molar-refractivity contribution in [1.29, 1.82) is 0 Å². The van der Waals surface area contributed by atoms with Crippen LogP contribution in [0.4, 0.5) is 4.39 Å². The molecule has 1 aromatic carbocycles. The first-order chi connectivity index (χ1) is 8.17. The van der Waals surface area contributed by atoms with E-state index in [-0.39, 0.29) is 18.0 Å². The van der Waals surface area contributed by atoms with Gasteiger partial charge in [-0.2, -0.15) is 0 Å². The Balaban J connectivity index is 2.29. The van der Waals surface area contributed by atoms with E-state index < -0.39 is 0 Å². The highest BCUT2D eigenvalue weighted by Crippen LogP contribution is 2.40. The van der Waals surface area contributed by atoms with Crippen LogP contribution in [0.3, 0.4) is 0 Å². The summed E-state index contributed by atoms with van der Waals surface area (Å²) in [6.45, 7) is 0. The molecule has 0 radical (unpaired) electrons. The number of rotatable bonds is 5. The van der Waals surface area contributed by atoms with Gasteiger partial charge in [0.25, 0.3) is 0 Å². The number of halogens is 2. The smallest absolute Gasteiger partial charge is 0.128 e. The van der Waals surface area contributed by atoms with Gasteiger partial charge >= 0.3 is 0 Å². The quantitative estimate of drug-likeness (QED) is 0.901. The molecule has 1 aromatic rings. The van der Waals surface area contributed by atoms with E-state index in [0.29, 0.717) is 11.5 Å². The van der Waals surface area contributed by atoms with Gasteiger partial charge < -0.3 is 10.1 Å². The second kappa shape index (κ2) is 5.46. The summed E-state index contributed by atoms with van der Waals surface area (Å²) in [7, 11) is 3.54. The van der Waals surface area contributed by atoms with Crippen LogP contribution in [0, 0.1) is 11.7 Å². The van der Waals surface area contributed by atoms with Gasteiger partial charge in [-0.3, -0.25) is 0 Å². The summed E-state index contributed by atoms with van der Waals surface area (Å²) in [5.41, 5.74) is 0.667. The Labute approximate surface area is 110 Å². The lowest BCUT2D eigenvalue weighted by molar-refractivity contribution is 0.0519. The molecule has 1 N–H and O–H groups in total. The molecule has 4 heteroatoms. The zero-order valence-corrected chi connectivity index (χ0v) is 11.6. The predicted molar refractivity (Wildman–Crippen MR) is 69.4 cm³/mol. The second-order valence-electron chi connectivity index (χ2n) is 4.47. The van der Waals surface area contributed by atoms with E-state index in [1.807, 2.05) is 13.1 Å². The maximum atomic E-state index is 13.9. The molecule has 1 aliphatic rings. The van der Waals surface area contributed by atoms with Crippen molar-refractivity contribution in [2.45, 2.75) is 25.0 Å². The summed E-state index contributed by atoms with van der Waals surface area (Å²) in [5.74, 6) is 0.367. The molecular formula is C13H17BrFNO. The monoisotopic (exact) mass is 301 g/mol. The number of likely N-dealkylation sites (N-methyl/N-ethyl adjacent to an activating group) is 1. The SMILES string of the molecule is CNC(c1cc(Br)ccc1F)C(OC)C1CC1. The van der Waals surface area contributed by atoms with Gasteiger partial charge in [0.1, 0.15) is 5.82 Å². The fourth-order valence-corrected chi connectivity index (χ4v) is 2.65. The summed E-state index contributed by atoms with van der Waals surface area (Å²) in [6.07, 6.45) is 2.39. The number of hydrogen-bond donors (Lipinski definition) is 1. The topological polar surface area (TPSA) is 21.3 Å². The first kappa shape index (κ1) is 13.0. The van der Waals surface area contributed by atoms with Gasteiger partial charge in [-0.15, -0.1) is 0 Å². The van der Waals surface area contributed by atoms with Crippen molar-refractivity contribution in [3.05, 3.63) is 34.1 Å². The van der Waals surface area contributed by atoms with Crippen LogP contribution in [0.5, 0.6) is 0 Å². The third-order valence-electron chi connectivity index (χ3n) is 3.29. The molecule has 1 fully saturated rings. The zero-order valence-electron chi connectivity index (χ0n) is 10.0. The maximum absolute atomic E-state index is 13.9. The van der Waals surface area contributed by atoms with Crippen LogP contribution in [-0.2, 0) is 4.74 Å². The average molecular weight is 302 g/mol. The number of hydrogen-bond acceptors (Lipinski definition) is 2. The average Bonchev–Trinajstić information content (AvgIpc) is 3.13. The molecule has 2 atom stereocenters. The van der Waals surface area contributed by atoms with E-state index in [1.54, 1.807) is 13.2 Å². The largest absolute Gasteiger partial charge is 0.379 e. The molecule has 0 aliphatic heterocycles. The minimum atomic E-state index is -0.185. The molecule has 2 unspecified atom stereocenters. The Kier molecular flexibility index (Phi) is 4.17. The molecule has 1 aliphatic carbocycles. The van der Waals surface area contributed by atoms with Gasteiger partial charge in [0, 0.05) is 17.1 Å². The lowest BCUT2D eigenvalue weighted by Crippen LogP contribution is -2.33. The Bertz CT molecular complexity index is 395. The molecule has 94 valence electrons. The highest BCUT2D eigenvalue weighted by atomic mass is 79.9. The van der Waals surface area contributed by atoms with Crippen LogP contribution in [0.15, 0.2) is 22.7 Å². The Hall–Kier alpha value is -0.450. The molecule has 0 heterocycles. The van der Waals surface area contributed by atoms with Gasteiger partial charge in [-0.05, 0) is 44.0 Å². The van der Waals surface area contributed by atoms with Gasteiger partial charge in [-0.25, -0.2) is 4.39 Å². The molecule has 0 saturated heterocycles. The van der Waals surface area contributed by atoms with Crippen molar-refractivity contribution < 1.29 is 9.13 Å². The highest BCUT2D eigenvalue weighted by molar-refractivity contribution is 9.10. The van der Waals surface area contributed by atoms with Crippen LogP contribution in [0.1, 0.15) is 24.4 Å². The van der Waals surface area contributed by atoms with Crippen molar-refractivity contribution in [3.63, 3.8) is 0 Å². The molecule has 0 bridgehead atoms. The number of benzene rings is 1. The third-order valence-corrected chi connectivity index (χ3v) is 3.78. The van der Waals surface area contributed by atoms with Gasteiger partial charge in [-0.1, -0.05) is 15.9 Å². The highest BCUT2D eigenvalue weighted by Gasteiger charge is 2.37. The summed E-state index contributed by atoms with van der Waals surface area (Å²) in [6, 6.07) is 4.93. The first-order valence-electron chi connectivity index (χ1n) is 5.82. The molecule has 0 amide bonds. The van der Waals surface area contributed by atoms with E-state index in [4.69, 9.17) is 4.74 Å². The minimum Gasteiger partial charge on any atom is -0.379 e. The van der Waals surface area contributed by atoms with E-state index >= 15 is 0 Å². The number of methoxy groups -OCH3 is 1. The number of nitrogens with one attached hydrogen (secondary N) is 1. The minimum absolute atomic E-state index is 0.0452. The molecular weight excluding hydrogens is 285 g/mol. The van der Waals surface area contributed by atoms with E-state index in [9.17, 15) is 4.39 Å². The molecule has 0 aromatic heterocycles. The van der Waals surface area contributed by atoms with Crippen molar-refractivity contribution in [2.24, 2.45) is 5.92 Å². The summed E-state index contributed by atoms with van der Waals surface area (Å²) >= 11 is 3.38. The molecule has 17 heavy (non-hydrogen) atoms. The van der Waals surface area contributed by atoms with Crippen LogP contribution < -0.4 is 5.32 Å². The lowest BCUT2D eigenvalue weighted by atomic mass is 9.97. The lowest BCUT2D eigenvalue weighted by Gasteiger charge is -2.26. The standard InChI is InChI=1S/C13H17BrFNO/c1-16-12(13(17-2)8-3-4-8)10-7-9(14)5-6-11(10)15/h5-8,12-13,16H,3-4H2,1-2H3. The Morgan fingerprint density at radius 3 is 2.71 bits per heavy atom. The predicted octanol–water partition coefficient (Wildman–Crippen LogP) is 3.27. The molecule has 2 rings (SSSR count). The molecule has 0 spiro atoms. The van der Waals surface area contributed by atoms with Crippen molar-refractivity contribution >= 4 is 15.9 Å². The normalized spacial score (nSPS) is 19.1. The van der Waals surface area contributed by atoms with Crippen LogP contribution in [-0.4, -0.2) is 20.3 Å². The second-order valence-corrected chi connectivity index (χ2v) is 5.39. The molecule has 2 nitrogen and oxygen atoms in total. The van der Waals surface area contributed by atoms with Gasteiger partial charge in [0.2, 0.25) is 0 Å². The third kappa shape index (κ3) is 2.87. The van der Waals surface area contributed by atoms with E-state index in [0.717, 1.165) is 4.47 Å². The van der Waals surface area contributed by atoms with Gasteiger partial charge in [0.15, 0.2) is 0 Å².